The number of aliphatic carboxylic acids is 1. The smallest absolute Gasteiger partial charge is 0.286 e. The van der Waals surface area contributed by atoms with Crippen molar-refractivity contribution in [1.82, 2.24) is 19.6 Å². The zero-order chi connectivity index (χ0) is 26.3. The highest BCUT2D eigenvalue weighted by atomic mass is 35.5. The molecule has 2 aliphatic heterocycles. The highest BCUT2D eigenvalue weighted by Crippen LogP contribution is 2.40. The van der Waals surface area contributed by atoms with E-state index in [4.69, 9.17) is 22.2 Å². The fourth-order valence-electron chi connectivity index (χ4n) is 4.17. The minimum Gasteiger partial charge on any atom is -0.543 e. The van der Waals surface area contributed by atoms with Crippen molar-refractivity contribution in [3.8, 4) is 0 Å². The zero-order valence-corrected chi connectivity index (χ0v) is 21.7. The van der Waals surface area contributed by atoms with Crippen molar-refractivity contribution in [2.24, 2.45) is 5.16 Å². The van der Waals surface area contributed by atoms with Gasteiger partial charge in [0.2, 0.25) is 0 Å². The number of hydrogen-bond donors (Lipinski definition) is 2. The Labute approximate surface area is 223 Å². The molecule has 15 heteroatoms. The Morgan fingerprint density at radius 2 is 2.22 bits per heavy atom. The number of carbonyl (C=O) groups is 3. The van der Waals surface area contributed by atoms with Gasteiger partial charge in [-0.3, -0.25) is 14.5 Å². The Bertz CT molecular complexity index is 1480. The van der Waals surface area contributed by atoms with Crippen LogP contribution in [0, 0.1) is 0 Å². The molecule has 0 aliphatic carbocycles. The number of β-lactam (4-membered cyclic amide) rings is 1. The SMILES string of the molecule is CCO/N=C(\C(=O)N[C@@H]1C(=O)N2C(C(=O)[O-])=C(C[n+]3ccn4ccccc43)CS[C@@H]12)c1nc(N)sc1Cl. The molecule has 5 rings (SSSR count). The van der Waals surface area contributed by atoms with E-state index in [1.165, 1.54) is 11.8 Å². The lowest BCUT2D eigenvalue weighted by molar-refractivity contribution is -0.662. The number of nitrogen functional groups attached to an aromatic ring is 1. The predicted octanol–water partition coefficient (Wildman–Crippen LogP) is -0.236. The van der Waals surface area contributed by atoms with Crippen LogP contribution in [0.5, 0.6) is 0 Å². The Hall–Kier alpha value is -3.62. The maximum Gasteiger partial charge on any atom is 0.286 e. The summed E-state index contributed by atoms with van der Waals surface area (Å²) in [5.41, 5.74) is 6.70. The Balaban J connectivity index is 1.38. The van der Waals surface area contributed by atoms with Gasteiger partial charge < -0.3 is 25.8 Å². The van der Waals surface area contributed by atoms with Crippen molar-refractivity contribution >= 4 is 69.0 Å². The molecule has 12 nitrogen and oxygen atoms in total. The van der Waals surface area contributed by atoms with Crippen molar-refractivity contribution in [1.29, 1.82) is 0 Å². The summed E-state index contributed by atoms with van der Waals surface area (Å²) in [5, 5.41) is 18.1. The van der Waals surface area contributed by atoms with Gasteiger partial charge in [-0.2, -0.15) is 0 Å². The quantitative estimate of drug-likeness (QED) is 0.165. The number of carboxylic acid groups (broad SMARTS) is 1. The number of thioether (sulfide) groups is 1. The van der Waals surface area contributed by atoms with Crippen molar-refractivity contribution in [3.05, 3.63) is 58.1 Å². The lowest BCUT2D eigenvalue weighted by Crippen LogP contribution is -2.71. The third-order valence-corrected chi connectivity index (χ3v) is 8.21. The van der Waals surface area contributed by atoms with Crippen LogP contribution < -0.4 is 20.7 Å². The largest absolute Gasteiger partial charge is 0.543 e. The van der Waals surface area contributed by atoms with E-state index in [0.717, 1.165) is 21.9 Å². The normalized spacial score (nSPS) is 19.6. The molecule has 2 atom stereocenters. The number of imidazole rings is 1. The highest BCUT2D eigenvalue weighted by molar-refractivity contribution is 8.00. The number of pyridine rings is 1. The highest BCUT2D eigenvalue weighted by Gasteiger charge is 2.53. The molecule has 2 aliphatic rings. The van der Waals surface area contributed by atoms with Gasteiger partial charge >= 0.3 is 0 Å². The van der Waals surface area contributed by atoms with Gasteiger partial charge in [-0.15, -0.1) is 11.8 Å². The van der Waals surface area contributed by atoms with Crippen LogP contribution in [0.3, 0.4) is 0 Å². The van der Waals surface area contributed by atoms with Crippen LogP contribution in [0.4, 0.5) is 5.13 Å². The number of hydrogen-bond acceptors (Lipinski definition) is 10. The van der Waals surface area contributed by atoms with Gasteiger partial charge in [0.15, 0.2) is 10.8 Å². The van der Waals surface area contributed by atoms with E-state index in [-0.39, 0.29) is 39.7 Å². The maximum atomic E-state index is 13.1. The van der Waals surface area contributed by atoms with Crippen LogP contribution in [0.25, 0.3) is 5.65 Å². The molecule has 1 fully saturated rings. The first kappa shape index (κ1) is 25.0. The van der Waals surface area contributed by atoms with Crippen molar-refractivity contribution in [3.63, 3.8) is 0 Å². The summed E-state index contributed by atoms with van der Waals surface area (Å²) in [5.74, 6) is -2.45. The van der Waals surface area contributed by atoms with Crippen molar-refractivity contribution in [2.45, 2.75) is 24.9 Å². The lowest BCUT2D eigenvalue weighted by atomic mass is 10.0. The number of thiazole rings is 1. The number of anilines is 1. The third kappa shape index (κ3) is 4.51. The second-order valence-electron chi connectivity index (χ2n) is 8.02. The van der Waals surface area contributed by atoms with E-state index < -0.39 is 29.2 Å². The van der Waals surface area contributed by atoms with E-state index in [2.05, 4.69) is 15.5 Å². The summed E-state index contributed by atoms with van der Waals surface area (Å²) in [4.78, 5) is 48.5. The molecular weight excluding hydrogens is 542 g/mol. The topological polar surface area (TPSA) is 158 Å². The molecule has 0 spiro atoms. The predicted molar refractivity (Wildman–Crippen MR) is 134 cm³/mol. The number of nitrogens with two attached hydrogens (primary N) is 1. The zero-order valence-electron chi connectivity index (χ0n) is 19.3. The molecule has 192 valence electrons. The van der Waals surface area contributed by atoms with Crippen molar-refractivity contribution < 1.29 is 28.9 Å². The number of carbonyl (C=O) groups excluding carboxylic acids is 3. The van der Waals surface area contributed by atoms with E-state index >= 15 is 0 Å². The summed E-state index contributed by atoms with van der Waals surface area (Å²) in [6.45, 7) is 2.13. The van der Waals surface area contributed by atoms with E-state index in [1.807, 2.05) is 45.8 Å². The number of amides is 2. The van der Waals surface area contributed by atoms with Gasteiger partial charge in [-0.1, -0.05) is 34.2 Å². The first-order valence-corrected chi connectivity index (χ1v) is 13.3. The van der Waals surface area contributed by atoms with Gasteiger partial charge in [0.25, 0.3) is 17.5 Å². The minimum absolute atomic E-state index is 0.0319. The molecule has 0 radical (unpaired) electrons. The van der Waals surface area contributed by atoms with E-state index in [0.29, 0.717) is 11.3 Å². The molecule has 1 saturated heterocycles. The first-order valence-electron chi connectivity index (χ1n) is 11.1. The monoisotopic (exact) mass is 561 g/mol. The van der Waals surface area contributed by atoms with E-state index in [9.17, 15) is 19.5 Å². The molecule has 3 aromatic heterocycles. The summed E-state index contributed by atoms with van der Waals surface area (Å²) in [6, 6.07) is 4.69. The molecule has 0 bridgehead atoms. The average molecular weight is 562 g/mol. The first-order chi connectivity index (χ1) is 17.8. The molecule has 0 saturated carbocycles. The van der Waals surface area contributed by atoms with Crippen LogP contribution in [-0.2, 0) is 25.8 Å². The summed E-state index contributed by atoms with van der Waals surface area (Å²) in [6.07, 6.45) is 5.58. The number of rotatable bonds is 8. The van der Waals surface area contributed by atoms with Crippen LogP contribution >= 0.6 is 34.7 Å². The van der Waals surface area contributed by atoms with Crippen LogP contribution in [-0.4, -0.2) is 61.6 Å². The second kappa shape index (κ2) is 10.0. The summed E-state index contributed by atoms with van der Waals surface area (Å²) < 4.78 is 3.94. The number of oxime groups is 1. The van der Waals surface area contributed by atoms with Crippen LogP contribution in [0.15, 0.2) is 53.2 Å². The third-order valence-electron chi connectivity index (χ3n) is 5.78. The fourth-order valence-corrected chi connectivity index (χ4v) is 6.44. The van der Waals surface area contributed by atoms with Gasteiger partial charge in [0.05, 0.1) is 17.9 Å². The molecular formula is C22H20ClN7O5S2. The van der Waals surface area contributed by atoms with Crippen LogP contribution in [0.1, 0.15) is 12.6 Å². The standard InChI is InChI=1S/C22H20ClN7O5S2/c1-2-35-27-14(13-17(23)37-22(24)26-13)18(31)25-15-19(32)30-16(21(33)34)11(10-36-20(15)30)9-29-8-7-28-6-4-3-5-12(28)29/h3-8,15,20H,2,9-10H2,1H3,(H3-,24,25,26,31,33,34)/b27-14-/t15-,20+/m1/s1. The lowest BCUT2D eigenvalue weighted by Gasteiger charge is -2.50. The molecule has 3 N–H and O–H groups in total. The number of nitrogens with one attached hydrogen (secondary N) is 1. The number of carboxylic acids is 1. The molecule has 5 heterocycles. The van der Waals surface area contributed by atoms with Crippen molar-refractivity contribution in [2.75, 3.05) is 18.1 Å². The molecule has 37 heavy (non-hydrogen) atoms. The maximum absolute atomic E-state index is 13.1. The summed E-state index contributed by atoms with van der Waals surface area (Å²) in [7, 11) is 0. The second-order valence-corrected chi connectivity index (χ2v) is 10.8. The Kier molecular flexibility index (Phi) is 6.79. The summed E-state index contributed by atoms with van der Waals surface area (Å²) >= 11 is 8.46. The minimum atomic E-state index is -1.45. The van der Waals surface area contributed by atoms with Gasteiger partial charge in [-0.05, 0) is 13.0 Å². The number of aromatic nitrogens is 3. The molecule has 0 aromatic carbocycles. The average Bonchev–Trinajstić information content (AvgIpc) is 3.44. The van der Waals surface area contributed by atoms with Gasteiger partial charge in [0.1, 0.15) is 47.0 Å². The molecule has 3 aromatic rings. The van der Waals surface area contributed by atoms with Gasteiger partial charge in [-0.25, -0.2) is 14.0 Å². The fraction of sp³-hybridized carbons (Fsp3) is 0.273. The number of halogens is 1. The Morgan fingerprint density at radius 1 is 1.41 bits per heavy atom. The van der Waals surface area contributed by atoms with Crippen LogP contribution in [0.2, 0.25) is 4.34 Å². The number of fused-ring (bicyclic) bond motifs is 2. The molecule has 0 unspecified atom stereocenters. The van der Waals surface area contributed by atoms with Gasteiger partial charge in [0, 0.05) is 17.4 Å². The molecule has 2 amide bonds. The number of nitrogens with zero attached hydrogens (tertiary/aromatic N) is 5. The Morgan fingerprint density at radius 3 is 2.92 bits per heavy atom. The van der Waals surface area contributed by atoms with E-state index in [1.54, 1.807) is 6.92 Å².